The molecule has 3 heterocycles. The van der Waals surface area contributed by atoms with E-state index in [1.807, 2.05) is 6.92 Å². The first-order valence-electron chi connectivity index (χ1n) is 7.47. The fourth-order valence-electron chi connectivity index (χ4n) is 3.23. The Hall–Kier alpha value is -1.88. The minimum Gasteiger partial charge on any atom is -0.365 e. The van der Waals surface area contributed by atoms with Crippen LogP contribution in [0.2, 0.25) is 0 Å². The topological polar surface area (TPSA) is 33.4 Å². The van der Waals surface area contributed by atoms with Gasteiger partial charge in [0.05, 0.1) is 12.2 Å². The molecule has 0 bridgehead atoms. The highest BCUT2D eigenvalue weighted by Gasteiger charge is 2.21. The van der Waals surface area contributed by atoms with Crippen LogP contribution in [0.1, 0.15) is 22.6 Å². The van der Waals surface area contributed by atoms with Gasteiger partial charge < -0.3 is 4.90 Å². The van der Waals surface area contributed by atoms with Gasteiger partial charge in [-0.25, -0.2) is 9.97 Å². The van der Waals surface area contributed by atoms with Crippen LogP contribution in [0.25, 0.3) is 5.78 Å². The molecule has 0 saturated heterocycles. The molecule has 0 radical (unpaired) electrons. The summed E-state index contributed by atoms with van der Waals surface area (Å²) in [5.74, 6) is 0.770. The number of para-hydroxylation sites is 1. The van der Waals surface area contributed by atoms with E-state index in [1.54, 1.807) is 0 Å². The number of hydrogen-bond acceptors (Lipinski definition) is 3. The Balaban J connectivity index is 1.74. The van der Waals surface area contributed by atoms with E-state index in [2.05, 4.69) is 67.5 Å². The predicted octanol–water partition coefficient (Wildman–Crippen LogP) is 3.67. The molecule has 22 heavy (non-hydrogen) atoms. The summed E-state index contributed by atoms with van der Waals surface area (Å²) < 4.78 is 3.08. The highest BCUT2D eigenvalue weighted by atomic mass is 79.9. The van der Waals surface area contributed by atoms with Crippen molar-refractivity contribution in [1.29, 1.82) is 0 Å². The van der Waals surface area contributed by atoms with Crippen LogP contribution >= 0.6 is 15.9 Å². The van der Waals surface area contributed by atoms with Gasteiger partial charge in [0.1, 0.15) is 4.60 Å². The second-order valence-corrected chi connectivity index (χ2v) is 6.58. The molecule has 112 valence electrons. The minimum absolute atomic E-state index is 0.770. The van der Waals surface area contributed by atoms with Gasteiger partial charge in [-0.3, -0.25) is 4.40 Å². The van der Waals surface area contributed by atoms with E-state index < -0.39 is 0 Å². The van der Waals surface area contributed by atoms with Crippen molar-refractivity contribution in [2.75, 3.05) is 11.4 Å². The molecule has 1 aliphatic rings. The second-order valence-electron chi connectivity index (χ2n) is 5.82. The average Bonchev–Trinajstić information content (AvgIpc) is 3.02. The average molecular weight is 357 g/mol. The molecule has 1 aliphatic heterocycles. The largest absolute Gasteiger partial charge is 0.365 e. The number of rotatable bonds is 2. The quantitative estimate of drug-likeness (QED) is 0.702. The molecule has 0 spiro atoms. The Bertz CT molecular complexity index is 868. The molecule has 0 fully saturated rings. The molecular formula is C17H17BrN4. The van der Waals surface area contributed by atoms with E-state index in [0.29, 0.717) is 0 Å². The summed E-state index contributed by atoms with van der Waals surface area (Å²) in [5, 5.41) is 0. The summed E-state index contributed by atoms with van der Waals surface area (Å²) >= 11 is 3.71. The number of aryl methyl sites for hydroxylation is 2. The first kappa shape index (κ1) is 13.8. The molecule has 5 heteroatoms. The predicted molar refractivity (Wildman–Crippen MR) is 91.4 cm³/mol. The van der Waals surface area contributed by atoms with Crippen molar-refractivity contribution in [3.05, 3.63) is 57.6 Å². The van der Waals surface area contributed by atoms with Crippen LogP contribution in [0.5, 0.6) is 0 Å². The van der Waals surface area contributed by atoms with Gasteiger partial charge in [-0.15, -0.1) is 0 Å². The van der Waals surface area contributed by atoms with Gasteiger partial charge in [0, 0.05) is 23.6 Å². The zero-order valence-corrected chi connectivity index (χ0v) is 14.3. The third-order valence-electron chi connectivity index (χ3n) is 4.24. The van der Waals surface area contributed by atoms with Crippen LogP contribution in [-0.4, -0.2) is 20.9 Å². The number of hydrogen-bond donors (Lipinski definition) is 0. The zero-order chi connectivity index (χ0) is 15.3. The molecule has 0 atom stereocenters. The maximum absolute atomic E-state index is 4.73. The summed E-state index contributed by atoms with van der Waals surface area (Å²) in [6, 6.07) is 10.7. The lowest BCUT2D eigenvalue weighted by Crippen LogP contribution is -2.20. The summed E-state index contributed by atoms with van der Waals surface area (Å²) in [5.41, 5.74) is 5.94. The standard InChI is InChI=1S/C17H17BrN4/c1-11-9-12(2)22-16(18)14(20-17(22)19-11)10-21-8-7-13-5-3-4-6-15(13)21/h3-6,9H,7-8,10H2,1-2H3. The van der Waals surface area contributed by atoms with E-state index in [0.717, 1.165) is 47.0 Å². The molecule has 1 aromatic carbocycles. The fraction of sp³-hybridized carbons (Fsp3) is 0.294. The number of halogens is 1. The van der Waals surface area contributed by atoms with E-state index in [4.69, 9.17) is 4.98 Å². The maximum atomic E-state index is 4.73. The van der Waals surface area contributed by atoms with E-state index in [-0.39, 0.29) is 0 Å². The SMILES string of the molecule is Cc1cc(C)n2c(Br)c(CN3CCc4ccccc43)nc2n1. The zero-order valence-electron chi connectivity index (χ0n) is 12.7. The lowest BCUT2D eigenvalue weighted by atomic mass is 10.2. The lowest BCUT2D eigenvalue weighted by molar-refractivity contribution is 0.816. The first-order valence-corrected chi connectivity index (χ1v) is 8.27. The van der Waals surface area contributed by atoms with Crippen molar-refractivity contribution in [1.82, 2.24) is 14.4 Å². The minimum atomic E-state index is 0.770. The molecule has 0 N–H and O–H groups in total. The molecule has 0 amide bonds. The highest BCUT2D eigenvalue weighted by molar-refractivity contribution is 9.10. The Morgan fingerprint density at radius 2 is 2.00 bits per heavy atom. The first-order chi connectivity index (χ1) is 10.6. The van der Waals surface area contributed by atoms with Crippen LogP contribution in [0.4, 0.5) is 5.69 Å². The molecule has 2 aromatic heterocycles. The lowest BCUT2D eigenvalue weighted by Gasteiger charge is -2.18. The van der Waals surface area contributed by atoms with Gasteiger partial charge in [-0.2, -0.15) is 0 Å². The van der Waals surface area contributed by atoms with Gasteiger partial charge in [0.2, 0.25) is 5.78 Å². The van der Waals surface area contributed by atoms with Crippen LogP contribution in [-0.2, 0) is 13.0 Å². The molecular weight excluding hydrogens is 340 g/mol. The van der Waals surface area contributed by atoms with Gasteiger partial charge in [-0.1, -0.05) is 18.2 Å². The van der Waals surface area contributed by atoms with Gasteiger partial charge in [0.15, 0.2) is 0 Å². The number of nitrogens with zero attached hydrogens (tertiary/aromatic N) is 4. The van der Waals surface area contributed by atoms with Crippen molar-refractivity contribution in [2.24, 2.45) is 0 Å². The van der Waals surface area contributed by atoms with E-state index in [9.17, 15) is 0 Å². The Morgan fingerprint density at radius 1 is 1.18 bits per heavy atom. The molecule has 4 rings (SSSR count). The maximum Gasteiger partial charge on any atom is 0.235 e. The molecule has 3 aromatic rings. The summed E-state index contributed by atoms with van der Waals surface area (Å²) in [4.78, 5) is 11.7. The molecule has 4 nitrogen and oxygen atoms in total. The summed E-state index contributed by atoms with van der Waals surface area (Å²) in [7, 11) is 0. The van der Waals surface area contributed by atoms with Crippen LogP contribution in [0, 0.1) is 13.8 Å². The van der Waals surface area contributed by atoms with Crippen LogP contribution in [0.3, 0.4) is 0 Å². The number of anilines is 1. The summed E-state index contributed by atoms with van der Waals surface area (Å²) in [6.07, 6.45) is 1.11. The third-order valence-corrected chi connectivity index (χ3v) is 5.05. The summed E-state index contributed by atoms with van der Waals surface area (Å²) in [6.45, 7) is 5.94. The number of benzene rings is 1. The Kier molecular flexibility index (Phi) is 3.18. The number of imidazole rings is 1. The highest BCUT2D eigenvalue weighted by Crippen LogP contribution is 2.30. The van der Waals surface area contributed by atoms with Crippen molar-refractivity contribution >= 4 is 27.4 Å². The van der Waals surface area contributed by atoms with E-state index >= 15 is 0 Å². The van der Waals surface area contributed by atoms with Crippen molar-refractivity contribution < 1.29 is 0 Å². The van der Waals surface area contributed by atoms with Crippen LogP contribution in [0.15, 0.2) is 34.9 Å². The Labute approximate surface area is 137 Å². The third kappa shape index (κ3) is 2.11. The van der Waals surface area contributed by atoms with Crippen molar-refractivity contribution in [3.8, 4) is 0 Å². The fourth-order valence-corrected chi connectivity index (χ4v) is 3.88. The monoisotopic (exact) mass is 356 g/mol. The second kappa shape index (κ2) is 5.09. The van der Waals surface area contributed by atoms with Gasteiger partial charge >= 0.3 is 0 Å². The molecule has 0 aliphatic carbocycles. The molecule has 0 saturated carbocycles. The van der Waals surface area contributed by atoms with Crippen molar-refractivity contribution in [2.45, 2.75) is 26.8 Å². The van der Waals surface area contributed by atoms with Gasteiger partial charge in [-0.05, 0) is 53.9 Å². The molecule has 0 unspecified atom stereocenters. The van der Waals surface area contributed by atoms with Crippen LogP contribution < -0.4 is 4.90 Å². The number of fused-ring (bicyclic) bond motifs is 2. The smallest absolute Gasteiger partial charge is 0.235 e. The van der Waals surface area contributed by atoms with Crippen molar-refractivity contribution in [3.63, 3.8) is 0 Å². The Morgan fingerprint density at radius 3 is 2.86 bits per heavy atom. The number of aromatic nitrogens is 3. The normalized spacial score (nSPS) is 13.9. The van der Waals surface area contributed by atoms with Gasteiger partial charge in [0.25, 0.3) is 0 Å². The van der Waals surface area contributed by atoms with E-state index in [1.165, 1.54) is 11.3 Å².